The Morgan fingerprint density at radius 1 is 1.29 bits per heavy atom. The molecule has 0 spiro atoms. The summed E-state index contributed by atoms with van der Waals surface area (Å²) >= 11 is 16.1. The maximum atomic E-state index is 12.3. The van der Waals surface area contributed by atoms with E-state index in [4.69, 9.17) is 27.9 Å². The minimum absolute atomic E-state index is 0.143. The lowest BCUT2D eigenvalue weighted by molar-refractivity contribution is -0.113. The van der Waals surface area contributed by atoms with Gasteiger partial charge in [0.1, 0.15) is 10.4 Å². The fourth-order valence-electron chi connectivity index (χ4n) is 2.19. The molecule has 2 aromatic heterocycles. The molecule has 0 unspecified atom stereocenters. The Labute approximate surface area is 183 Å². The van der Waals surface area contributed by atoms with Gasteiger partial charge in [-0.25, -0.2) is 4.79 Å². The van der Waals surface area contributed by atoms with E-state index in [2.05, 4.69) is 15.5 Å². The number of rotatable bonds is 7. The fourth-order valence-corrected chi connectivity index (χ4v) is 5.10. The normalized spacial score (nSPS) is 10.7. The number of hydrogen-bond acceptors (Lipinski definition) is 8. The van der Waals surface area contributed by atoms with E-state index >= 15 is 0 Å². The molecule has 6 nitrogen and oxygen atoms in total. The Balaban J connectivity index is 1.84. The van der Waals surface area contributed by atoms with Crippen molar-refractivity contribution in [3.63, 3.8) is 0 Å². The minimum atomic E-state index is -0.504. The monoisotopic (exact) mass is 473 g/mol. The first-order chi connectivity index (χ1) is 13.5. The maximum Gasteiger partial charge on any atom is 0.350 e. The predicted molar refractivity (Wildman–Crippen MR) is 115 cm³/mol. The quantitative estimate of drug-likeness (QED) is 0.361. The summed E-state index contributed by atoms with van der Waals surface area (Å²) < 4.78 is 5.81. The van der Waals surface area contributed by atoms with Gasteiger partial charge in [0, 0.05) is 15.5 Å². The van der Waals surface area contributed by atoms with E-state index in [0.29, 0.717) is 30.5 Å². The molecule has 146 valence electrons. The minimum Gasteiger partial charge on any atom is -0.462 e. The molecule has 11 heteroatoms. The molecule has 1 aromatic carbocycles. The summed E-state index contributed by atoms with van der Waals surface area (Å²) in [4.78, 5) is 25.7. The van der Waals surface area contributed by atoms with Crippen LogP contribution < -0.4 is 5.32 Å². The Morgan fingerprint density at radius 3 is 2.79 bits per heavy atom. The summed E-state index contributed by atoms with van der Waals surface area (Å²) in [6, 6.07) is 6.81. The average molecular weight is 474 g/mol. The summed E-state index contributed by atoms with van der Waals surface area (Å²) in [5, 5.41) is 11.3. The zero-order valence-electron chi connectivity index (χ0n) is 14.4. The van der Waals surface area contributed by atoms with Crippen LogP contribution >= 0.6 is 57.6 Å². The molecule has 28 heavy (non-hydrogen) atoms. The van der Waals surface area contributed by atoms with Crippen LogP contribution in [-0.4, -0.2) is 34.4 Å². The highest BCUT2D eigenvalue weighted by Gasteiger charge is 2.21. The van der Waals surface area contributed by atoms with Crippen LogP contribution in [0.4, 0.5) is 5.69 Å². The summed E-state index contributed by atoms with van der Waals surface area (Å²) in [6.45, 7) is 1.95. The number of nitrogens with zero attached hydrogens (tertiary/aromatic N) is 2. The van der Waals surface area contributed by atoms with Crippen molar-refractivity contribution < 1.29 is 14.3 Å². The van der Waals surface area contributed by atoms with E-state index in [9.17, 15) is 9.59 Å². The van der Waals surface area contributed by atoms with Crippen molar-refractivity contribution in [1.82, 2.24) is 10.2 Å². The van der Waals surface area contributed by atoms with Gasteiger partial charge < -0.3 is 10.1 Å². The molecule has 0 aliphatic heterocycles. The Morgan fingerprint density at radius 2 is 2.11 bits per heavy atom. The predicted octanol–water partition coefficient (Wildman–Crippen LogP) is 5.48. The van der Waals surface area contributed by atoms with Crippen molar-refractivity contribution in [2.75, 3.05) is 17.7 Å². The van der Waals surface area contributed by atoms with Crippen LogP contribution in [-0.2, 0) is 9.53 Å². The lowest BCUT2D eigenvalue weighted by atomic mass is 10.2. The maximum absolute atomic E-state index is 12.3. The van der Waals surface area contributed by atoms with Crippen molar-refractivity contribution in [2.24, 2.45) is 0 Å². The van der Waals surface area contributed by atoms with Gasteiger partial charge in [-0.15, -0.1) is 21.5 Å². The molecule has 0 bridgehead atoms. The van der Waals surface area contributed by atoms with Crippen molar-refractivity contribution in [3.8, 4) is 10.4 Å². The molecule has 0 atom stereocenters. The third kappa shape index (κ3) is 5.24. The van der Waals surface area contributed by atoms with E-state index in [1.165, 1.54) is 34.4 Å². The number of ether oxygens (including phenoxy) is 1. The van der Waals surface area contributed by atoms with Gasteiger partial charge in [0.2, 0.25) is 5.91 Å². The van der Waals surface area contributed by atoms with E-state index in [1.807, 2.05) is 0 Å². The number of carbonyl (C=O) groups excluding carboxylic acids is 2. The highest BCUT2D eigenvalue weighted by Crippen LogP contribution is 2.39. The van der Waals surface area contributed by atoms with E-state index < -0.39 is 5.97 Å². The zero-order chi connectivity index (χ0) is 20.1. The number of anilines is 1. The highest BCUT2D eigenvalue weighted by atomic mass is 35.5. The smallest absolute Gasteiger partial charge is 0.350 e. The second kappa shape index (κ2) is 9.71. The number of halogens is 2. The van der Waals surface area contributed by atoms with Gasteiger partial charge in [0.25, 0.3) is 0 Å². The number of benzene rings is 1. The molecule has 3 aromatic rings. The third-order valence-electron chi connectivity index (χ3n) is 3.33. The largest absolute Gasteiger partial charge is 0.462 e. The van der Waals surface area contributed by atoms with Crippen LogP contribution in [0, 0.1) is 0 Å². The summed E-state index contributed by atoms with van der Waals surface area (Å²) in [5.74, 6) is -0.627. The number of aromatic nitrogens is 2. The number of thioether (sulfide) groups is 1. The van der Waals surface area contributed by atoms with Crippen molar-refractivity contribution >= 4 is 75.2 Å². The van der Waals surface area contributed by atoms with Crippen molar-refractivity contribution in [1.29, 1.82) is 0 Å². The fraction of sp³-hybridized carbons (Fsp3) is 0.176. The molecule has 1 amide bonds. The van der Waals surface area contributed by atoms with Gasteiger partial charge in [-0.1, -0.05) is 52.4 Å². The molecule has 0 saturated heterocycles. The standard InChI is InChI=1S/C17H13Cl2N3O3S3/c1-2-25-16(24)15-12(21-14(23)7-26-17-22-20-8-27-17)6-13(28-15)10-4-3-9(18)5-11(10)19/h3-6,8H,2,7H2,1H3,(H,21,23). The van der Waals surface area contributed by atoms with E-state index in [0.717, 1.165) is 4.88 Å². The second-order valence-corrected chi connectivity index (χ2v) is 9.19. The number of amides is 1. The van der Waals surface area contributed by atoms with E-state index in [1.54, 1.807) is 36.7 Å². The van der Waals surface area contributed by atoms with Crippen molar-refractivity contribution in [3.05, 3.63) is 44.7 Å². The van der Waals surface area contributed by atoms with Gasteiger partial charge in [0.15, 0.2) is 4.34 Å². The molecule has 0 aliphatic rings. The van der Waals surface area contributed by atoms with Gasteiger partial charge in [-0.05, 0) is 25.1 Å². The summed E-state index contributed by atoms with van der Waals surface area (Å²) in [6.07, 6.45) is 0. The topological polar surface area (TPSA) is 81.2 Å². The van der Waals surface area contributed by atoms with Crippen LogP contribution in [0.2, 0.25) is 10.0 Å². The van der Waals surface area contributed by atoms with Crippen molar-refractivity contribution in [2.45, 2.75) is 11.3 Å². The number of carbonyl (C=O) groups is 2. The highest BCUT2D eigenvalue weighted by molar-refractivity contribution is 8.01. The molecule has 1 N–H and O–H groups in total. The number of hydrogen-bond donors (Lipinski definition) is 1. The second-order valence-electron chi connectivity index (χ2n) is 5.24. The van der Waals surface area contributed by atoms with Crippen LogP contribution in [0.25, 0.3) is 10.4 Å². The number of thiophene rings is 1. The average Bonchev–Trinajstić information content (AvgIpc) is 3.30. The molecule has 0 fully saturated rings. The summed E-state index contributed by atoms with van der Waals surface area (Å²) in [5.41, 5.74) is 2.69. The van der Waals surface area contributed by atoms with Gasteiger partial charge in [-0.3, -0.25) is 4.79 Å². The Bertz CT molecular complexity index is 993. The SMILES string of the molecule is CCOC(=O)c1sc(-c2ccc(Cl)cc2Cl)cc1NC(=O)CSc1nncs1. The Hall–Kier alpha value is -1.65. The number of nitrogens with one attached hydrogen (secondary N) is 1. The molecular weight excluding hydrogens is 461 g/mol. The first-order valence-electron chi connectivity index (χ1n) is 7.93. The zero-order valence-corrected chi connectivity index (χ0v) is 18.4. The van der Waals surface area contributed by atoms with Crippen LogP contribution in [0.15, 0.2) is 34.1 Å². The molecule has 0 saturated carbocycles. The third-order valence-corrected chi connectivity index (χ3v) is 6.89. The molecule has 0 radical (unpaired) electrons. The van der Waals surface area contributed by atoms with Gasteiger partial charge in [0.05, 0.1) is 23.1 Å². The first kappa shape index (κ1) is 21.1. The van der Waals surface area contributed by atoms with Crippen LogP contribution in [0.5, 0.6) is 0 Å². The molecular formula is C17H13Cl2N3O3S3. The molecule has 3 rings (SSSR count). The van der Waals surface area contributed by atoms with Gasteiger partial charge >= 0.3 is 5.97 Å². The van der Waals surface area contributed by atoms with Crippen LogP contribution in [0.3, 0.4) is 0 Å². The summed E-state index contributed by atoms with van der Waals surface area (Å²) in [7, 11) is 0. The van der Waals surface area contributed by atoms with E-state index in [-0.39, 0.29) is 18.3 Å². The lowest BCUT2D eigenvalue weighted by Gasteiger charge is -2.05. The first-order valence-corrected chi connectivity index (χ1v) is 11.4. The van der Waals surface area contributed by atoms with Crippen LogP contribution in [0.1, 0.15) is 16.6 Å². The number of esters is 1. The Kier molecular flexibility index (Phi) is 7.30. The molecule has 2 heterocycles. The molecule has 0 aliphatic carbocycles. The lowest BCUT2D eigenvalue weighted by Crippen LogP contribution is -2.16. The van der Waals surface area contributed by atoms with Gasteiger partial charge in [-0.2, -0.15) is 0 Å².